The van der Waals surface area contributed by atoms with Crippen molar-refractivity contribution in [1.82, 2.24) is 0 Å². The average molecular weight is 462 g/mol. The number of rotatable bonds is 3. The molecule has 30 heavy (non-hydrogen) atoms. The molecule has 3 aromatic rings. The van der Waals surface area contributed by atoms with Crippen molar-refractivity contribution in [2.45, 2.75) is 20.8 Å². The van der Waals surface area contributed by atoms with Gasteiger partial charge in [0.25, 0.3) is 0 Å². The molecule has 0 amide bonds. The van der Waals surface area contributed by atoms with Crippen molar-refractivity contribution in [1.29, 1.82) is 0 Å². The molecule has 0 radical (unpaired) electrons. The summed E-state index contributed by atoms with van der Waals surface area (Å²) in [5.41, 5.74) is 2.80. The molecule has 156 valence electrons. The van der Waals surface area contributed by atoms with E-state index in [9.17, 15) is 13.7 Å². The zero-order valence-electron chi connectivity index (χ0n) is 16.7. The van der Waals surface area contributed by atoms with Gasteiger partial charge in [0.2, 0.25) is 0 Å². The van der Waals surface area contributed by atoms with Crippen LogP contribution in [0.4, 0.5) is 0 Å². The van der Waals surface area contributed by atoms with Gasteiger partial charge in [-0.15, -0.1) is 0 Å². The molecule has 0 aromatic heterocycles. The van der Waals surface area contributed by atoms with E-state index in [0.29, 0.717) is 0 Å². The van der Waals surface area contributed by atoms with Gasteiger partial charge in [-0.1, -0.05) is 53.1 Å². The van der Waals surface area contributed by atoms with E-state index >= 15 is 0 Å². The number of hydrogen-bond donors (Lipinski definition) is 0. The normalized spacial score (nSPS) is 28.9. The molecule has 0 bridgehead atoms. The maximum Gasteiger partial charge on any atom is 0.376 e. The average Bonchev–Trinajstić information content (AvgIpc) is 2.68. The van der Waals surface area contributed by atoms with Crippen molar-refractivity contribution in [3.63, 3.8) is 0 Å². The van der Waals surface area contributed by atoms with E-state index in [4.69, 9.17) is 12.9 Å². The summed E-state index contributed by atoms with van der Waals surface area (Å²) in [6, 6.07) is 19.7. The fourth-order valence-electron chi connectivity index (χ4n) is 2.93. The van der Waals surface area contributed by atoms with Crippen LogP contribution in [0, 0.1) is 20.8 Å². The fraction of sp³-hybridized carbons (Fsp3) is 0.143. The third-order valence-corrected chi connectivity index (χ3v) is 12.6. The molecule has 6 nitrogen and oxygen atoms in total. The summed E-state index contributed by atoms with van der Waals surface area (Å²) in [6.07, 6.45) is 0. The van der Waals surface area contributed by atoms with E-state index in [-0.39, 0.29) is 15.9 Å². The molecule has 9 heteroatoms. The van der Waals surface area contributed by atoms with Gasteiger partial charge in [-0.2, -0.15) is 0 Å². The second-order valence-electron chi connectivity index (χ2n) is 7.24. The molecule has 4 rings (SSSR count). The van der Waals surface area contributed by atoms with E-state index in [0.717, 1.165) is 16.7 Å². The van der Waals surface area contributed by atoms with Crippen LogP contribution in [0.15, 0.2) is 72.8 Å². The van der Waals surface area contributed by atoms with Crippen molar-refractivity contribution in [3.8, 4) is 0 Å². The van der Waals surface area contributed by atoms with Crippen LogP contribution >= 0.6 is 22.8 Å². The molecule has 0 saturated carbocycles. The highest BCUT2D eigenvalue weighted by Crippen LogP contribution is 2.80. The molecule has 0 aliphatic carbocycles. The van der Waals surface area contributed by atoms with Gasteiger partial charge in [-0.25, -0.2) is 12.9 Å². The van der Waals surface area contributed by atoms with Crippen LogP contribution in [-0.2, 0) is 26.6 Å². The van der Waals surface area contributed by atoms with Gasteiger partial charge in [0.15, 0.2) is 0 Å². The minimum Gasteiger partial charge on any atom is -0.254 e. The van der Waals surface area contributed by atoms with Crippen molar-refractivity contribution in [3.05, 3.63) is 89.5 Å². The quantitative estimate of drug-likeness (QED) is 0.477. The second-order valence-corrected chi connectivity index (χ2v) is 13.7. The summed E-state index contributed by atoms with van der Waals surface area (Å²) in [6.45, 7) is 5.62. The molecule has 1 saturated heterocycles. The highest BCUT2D eigenvalue weighted by atomic mass is 31.3. The molecule has 1 heterocycles. The topological polar surface area (TPSA) is 78.9 Å². The van der Waals surface area contributed by atoms with Crippen molar-refractivity contribution >= 4 is 38.7 Å². The molecule has 3 aromatic carbocycles. The Labute approximate surface area is 175 Å². The first kappa shape index (κ1) is 21.5. The number of benzene rings is 3. The van der Waals surface area contributed by atoms with Crippen LogP contribution in [0.2, 0.25) is 0 Å². The van der Waals surface area contributed by atoms with Gasteiger partial charge in [0, 0.05) is 0 Å². The van der Waals surface area contributed by atoms with Crippen LogP contribution in [0.25, 0.3) is 0 Å². The first-order valence-corrected chi connectivity index (χ1v) is 13.9. The molecule has 0 atom stereocenters. The Hall–Kier alpha value is -1.77. The smallest absolute Gasteiger partial charge is 0.254 e. The standard InChI is InChI=1S/C21H21O6P3/c1-16-4-10-19(11-5-16)28(22)25-29(23,20-12-6-17(2)7-13-20)27-30(24,26-28)21-14-8-18(3)9-15-21/h4-15H,1-3H3. The van der Waals surface area contributed by atoms with Gasteiger partial charge in [0.1, 0.15) is 0 Å². The van der Waals surface area contributed by atoms with Gasteiger partial charge >= 0.3 is 22.8 Å². The minimum absolute atomic E-state index is 0.163. The maximum absolute atomic E-state index is 13.8. The maximum atomic E-state index is 13.8. The molecular formula is C21H21O6P3. The van der Waals surface area contributed by atoms with Crippen molar-refractivity contribution in [2.24, 2.45) is 0 Å². The third kappa shape index (κ3) is 4.05. The lowest BCUT2D eigenvalue weighted by Gasteiger charge is -2.34. The Balaban J connectivity index is 1.88. The monoisotopic (exact) mass is 462 g/mol. The first-order chi connectivity index (χ1) is 14.1. The van der Waals surface area contributed by atoms with Gasteiger partial charge < -0.3 is 0 Å². The van der Waals surface area contributed by atoms with E-state index in [1.165, 1.54) is 0 Å². The first-order valence-electron chi connectivity index (χ1n) is 9.28. The summed E-state index contributed by atoms with van der Waals surface area (Å²) in [4.78, 5) is 0. The molecule has 1 fully saturated rings. The van der Waals surface area contributed by atoms with Crippen molar-refractivity contribution < 1.29 is 26.6 Å². The zero-order chi connectivity index (χ0) is 21.6. The molecule has 1 aliphatic heterocycles. The predicted molar refractivity (Wildman–Crippen MR) is 119 cm³/mol. The zero-order valence-corrected chi connectivity index (χ0v) is 19.4. The van der Waals surface area contributed by atoms with E-state index < -0.39 is 22.8 Å². The van der Waals surface area contributed by atoms with E-state index in [1.807, 2.05) is 20.8 Å². The Morgan fingerprint density at radius 2 is 0.633 bits per heavy atom. The summed E-state index contributed by atoms with van der Waals surface area (Å²) in [5.74, 6) is 0. The van der Waals surface area contributed by atoms with E-state index in [2.05, 4.69) is 0 Å². The lowest BCUT2D eigenvalue weighted by molar-refractivity contribution is 0.297. The van der Waals surface area contributed by atoms with Gasteiger partial charge in [-0.3, -0.25) is 13.7 Å². The lowest BCUT2D eigenvalue weighted by Crippen LogP contribution is -2.22. The predicted octanol–water partition coefficient (Wildman–Crippen LogP) is 5.53. The van der Waals surface area contributed by atoms with Crippen LogP contribution in [-0.4, -0.2) is 0 Å². The summed E-state index contributed by atoms with van der Waals surface area (Å²) >= 11 is 0. The van der Waals surface area contributed by atoms with Crippen LogP contribution in [0.5, 0.6) is 0 Å². The molecular weight excluding hydrogens is 441 g/mol. The SMILES string of the molecule is Cc1ccc(P2(=O)OP(=O)(c3ccc(C)cc3)OP(=O)(c3ccc(C)cc3)O2)cc1. The minimum atomic E-state index is -4.23. The number of aryl methyl sites for hydroxylation is 3. The van der Waals surface area contributed by atoms with Crippen molar-refractivity contribution in [2.75, 3.05) is 0 Å². The number of hydrogen-bond acceptors (Lipinski definition) is 6. The van der Waals surface area contributed by atoms with Gasteiger partial charge in [-0.05, 0) is 57.2 Å². The second kappa shape index (κ2) is 7.73. The molecule has 0 N–H and O–H groups in total. The Bertz CT molecular complexity index is 1040. The summed E-state index contributed by atoms with van der Waals surface area (Å²) < 4.78 is 58.0. The molecule has 1 aliphatic rings. The van der Waals surface area contributed by atoms with E-state index in [1.54, 1.807) is 72.8 Å². The summed E-state index contributed by atoms with van der Waals surface area (Å²) in [7, 11) is -12.7. The highest BCUT2D eigenvalue weighted by Gasteiger charge is 2.55. The Kier molecular flexibility index (Phi) is 5.53. The van der Waals surface area contributed by atoms with Crippen LogP contribution in [0.1, 0.15) is 16.7 Å². The largest absolute Gasteiger partial charge is 0.376 e. The van der Waals surface area contributed by atoms with Gasteiger partial charge in [0.05, 0.1) is 15.9 Å². The third-order valence-electron chi connectivity index (χ3n) is 4.70. The Morgan fingerprint density at radius 3 is 0.833 bits per heavy atom. The lowest BCUT2D eigenvalue weighted by atomic mass is 10.2. The summed E-state index contributed by atoms with van der Waals surface area (Å²) in [5, 5.41) is 0.489. The molecule has 0 spiro atoms. The molecule has 0 unspecified atom stereocenters. The van der Waals surface area contributed by atoms with Crippen LogP contribution in [0.3, 0.4) is 0 Å². The Morgan fingerprint density at radius 1 is 0.433 bits per heavy atom. The van der Waals surface area contributed by atoms with Crippen LogP contribution < -0.4 is 15.9 Å². The highest BCUT2D eigenvalue weighted by molar-refractivity contribution is 7.87. The fourth-order valence-corrected chi connectivity index (χ4v) is 11.3.